The average molecular weight is 325 g/mol. The van der Waals surface area contributed by atoms with E-state index in [2.05, 4.69) is 59.9 Å². The van der Waals surface area contributed by atoms with E-state index in [9.17, 15) is 0 Å². The van der Waals surface area contributed by atoms with Crippen LogP contribution in [0.25, 0.3) is 0 Å². The average Bonchev–Trinajstić information content (AvgIpc) is 2.73. The van der Waals surface area contributed by atoms with E-state index in [1.807, 2.05) is 0 Å². The molecule has 96 valence electrons. The molecule has 0 spiro atoms. The van der Waals surface area contributed by atoms with Gasteiger partial charge in [-0.15, -0.1) is 11.3 Å². The normalized spacial score (nSPS) is 12.7. The number of nitrogens with two attached hydrogens (primary N) is 1. The Bertz CT molecular complexity index is 563. The van der Waals surface area contributed by atoms with E-state index < -0.39 is 0 Å². The molecule has 0 aliphatic heterocycles. The highest BCUT2D eigenvalue weighted by Gasteiger charge is 2.15. The summed E-state index contributed by atoms with van der Waals surface area (Å²) >= 11 is 5.25. The van der Waals surface area contributed by atoms with Gasteiger partial charge in [-0.2, -0.15) is 0 Å². The Kier molecular flexibility index (Phi) is 4.20. The van der Waals surface area contributed by atoms with Crippen molar-refractivity contribution in [3.05, 3.63) is 49.4 Å². The van der Waals surface area contributed by atoms with Crippen LogP contribution in [0.5, 0.6) is 0 Å². The lowest BCUT2D eigenvalue weighted by Crippen LogP contribution is -2.11. The van der Waals surface area contributed by atoms with Crippen LogP contribution in [0.4, 0.5) is 0 Å². The molecule has 0 saturated heterocycles. The Labute approximate surface area is 120 Å². The number of aryl methyl sites for hydroxylation is 3. The third-order valence-electron chi connectivity index (χ3n) is 3.07. The summed E-state index contributed by atoms with van der Waals surface area (Å²) in [5.74, 6) is 0. The fourth-order valence-corrected chi connectivity index (χ4v) is 3.29. The van der Waals surface area contributed by atoms with Crippen molar-refractivity contribution in [2.24, 2.45) is 5.73 Å². The van der Waals surface area contributed by atoms with Gasteiger partial charge in [-0.1, -0.05) is 35.0 Å². The van der Waals surface area contributed by atoms with Crippen molar-refractivity contribution in [2.75, 3.05) is 0 Å². The van der Waals surface area contributed by atoms with Crippen LogP contribution in [-0.2, 0) is 6.42 Å². The molecule has 1 aromatic carbocycles. The Morgan fingerprint density at radius 2 is 2.11 bits per heavy atom. The number of rotatable bonds is 3. The molecule has 2 nitrogen and oxygen atoms in total. The molecule has 4 heteroatoms. The van der Waals surface area contributed by atoms with Gasteiger partial charge >= 0.3 is 0 Å². The van der Waals surface area contributed by atoms with Crippen LogP contribution < -0.4 is 5.73 Å². The number of nitrogens with zero attached hydrogens (tertiary/aromatic N) is 1. The second-order valence-electron chi connectivity index (χ2n) is 4.39. The zero-order chi connectivity index (χ0) is 13.3. The molecule has 2 aromatic rings. The van der Waals surface area contributed by atoms with Gasteiger partial charge in [0.2, 0.25) is 0 Å². The minimum atomic E-state index is -0.133. The quantitative estimate of drug-likeness (QED) is 0.921. The standard InChI is InChI=1S/C14H17BrN2S/c1-4-12-9(3)18-14(17-12)13(16)10-6-5-8(2)11(15)7-10/h5-7,13H,4,16H2,1-3H3. The van der Waals surface area contributed by atoms with Crippen LogP contribution in [0, 0.1) is 13.8 Å². The molecule has 1 atom stereocenters. The lowest BCUT2D eigenvalue weighted by Gasteiger charge is -2.10. The molecule has 1 aromatic heterocycles. The third kappa shape index (κ3) is 2.66. The second kappa shape index (κ2) is 5.51. The Hall–Kier alpha value is -0.710. The monoisotopic (exact) mass is 324 g/mol. The molecule has 2 N–H and O–H groups in total. The van der Waals surface area contributed by atoms with Crippen molar-refractivity contribution in [2.45, 2.75) is 33.2 Å². The minimum Gasteiger partial charge on any atom is -0.318 e. The highest BCUT2D eigenvalue weighted by Crippen LogP contribution is 2.29. The summed E-state index contributed by atoms with van der Waals surface area (Å²) < 4.78 is 1.10. The highest BCUT2D eigenvalue weighted by molar-refractivity contribution is 9.10. The first-order chi connectivity index (χ1) is 8.52. The van der Waals surface area contributed by atoms with Gasteiger partial charge in [0, 0.05) is 9.35 Å². The topological polar surface area (TPSA) is 38.9 Å². The molecule has 2 rings (SSSR count). The first-order valence-corrected chi connectivity index (χ1v) is 7.61. The lowest BCUT2D eigenvalue weighted by atomic mass is 10.1. The maximum absolute atomic E-state index is 6.30. The van der Waals surface area contributed by atoms with Gasteiger partial charge in [0.1, 0.15) is 5.01 Å². The van der Waals surface area contributed by atoms with Crippen molar-refractivity contribution in [1.82, 2.24) is 4.98 Å². The summed E-state index contributed by atoms with van der Waals surface area (Å²) in [6, 6.07) is 6.11. The Morgan fingerprint density at radius 3 is 2.67 bits per heavy atom. The minimum absolute atomic E-state index is 0.133. The molecule has 0 saturated carbocycles. The SMILES string of the molecule is CCc1nc(C(N)c2ccc(C)c(Br)c2)sc1C. The zero-order valence-electron chi connectivity index (χ0n) is 10.8. The fraction of sp³-hybridized carbons (Fsp3) is 0.357. The van der Waals surface area contributed by atoms with Crippen molar-refractivity contribution in [3.8, 4) is 0 Å². The van der Waals surface area contributed by atoms with E-state index in [4.69, 9.17) is 5.73 Å². The van der Waals surface area contributed by atoms with Gasteiger partial charge in [-0.3, -0.25) is 0 Å². The number of hydrogen-bond donors (Lipinski definition) is 1. The van der Waals surface area contributed by atoms with Gasteiger partial charge in [0.15, 0.2) is 0 Å². The first kappa shape index (κ1) is 13.7. The second-order valence-corrected chi connectivity index (χ2v) is 6.48. The molecule has 1 unspecified atom stereocenters. The Morgan fingerprint density at radius 1 is 1.39 bits per heavy atom. The van der Waals surface area contributed by atoms with Crippen LogP contribution in [-0.4, -0.2) is 4.98 Å². The van der Waals surface area contributed by atoms with Gasteiger partial charge in [0.25, 0.3) is 0 Å². The van der Waals surface area contributed by atoms with Crippen molar-refractivity contribution < 1.29 is 0 Å². The highest BCUT2D eigenvalue weighted by atomic mass is 79.9. The third-order valence-corrected chi connectivity index (χ3v) is 5.02. The lowest BCUT2D eigenvalue weighted by molar-refractivity contribution is 0.843. The number of benzene rings is 1. The summed E-state index contributed by atoms with van der Waals surface area (Å²) in [7, 11) is 0. The van der Waals surface area contributed by atoms with Crippen LogP contribution in [0.1, 0.15) is 39.7 Å². The molecule has 0 radical (unpaired) electrons. The van der Waals surface area contributed by atoms with Gasteiger partial charge < -0.3 is 5.73 Å². The van der Waals surface area contributed by atoms with E-state index in [0.29, 0.717) is 0 Å². The fourth-order valence-electron chi connectivity index (χ4n) is 1.86. The van der Waals surface area contributed by atoms with Crippen molar-refractivity contribution >= 4 is 27.3 Å². The molecule has 0 aliphatic carbocycles. The number of halogens is 1. The molecule has 1 heterocycles. The maximum Gasteiger partial charge on any atom is 0.114 e. The van der Waals surface area contributed by atoms with Crippen LogP contribution >= 0.6 is 27.3 Å². The maximum atomic E-state index is 6.30. The largest absolute Gasteiger partial charge is 0.318 e. The van der Waals surface area contributed by atoms with E-state index in [0.717, 1.165) is 27.2 Å². The predicted molar refractivity (Wildman–Crippen MR) is 81.1 cm³/mol. The van der Waals surface area contributed by atoms with Gasteiger partial charge in [-0.25, -0.2) is 4.98 Å². The summed E-state index contributed by atoms with van der Waals surface area (Å²) in [5, 5.41) is 1.00. The zero-order valence-corrected chi connectivity index (χ0v) is 13.2. The van der Waals surface area contributed by atoms with E-state index in [-0.39, 0.29) is 6.04 Å². The smallest absolute Gasteiger partial charge is 0.114 e. The summed E-state index contributed by atoms with van der Waals surface area (Å²) in [5.41, 5.74) is 9.78. The van der Waals surface area contributed by atoms with E-state index in [1.54, 1.807) is 11.3 Å². The van der Waals surface area contributed by atoms with Crippen molar-refractivity contribution in [1.29, 1.82) is 0 Å². The summed E-state index contributed by atoms with van der Waals surface area (Å²) in [4.78, 5) is 5.91. The van der Waals surface area contributed by atoms with Gasteiger partial charge in [-0.05, 0) is 37.5 Å². The van der Waals surface area contributed by atoms with Crippen LogP contribution in [0.3, 0.4) is 0 Å². The van der Waals surface area contributed by atoms with Crippen LogP contribution in [0.2, 0.25) is 0 Å². The molecule has 0 fully saturated rings. The molecule has 18 heavy (non-hydrogen) atoms. The molecule has 0 amide bonds. The summed E-state index contributed by atoms with van der Waals surface area (Å²) in [6.45, 7) is 6.31. The molecular weight excluding hydrogens is 308 g/mol. The number of thiazole rings is 1. The predicted octanol–water partition coefficient (Wildman–Crippen LogP) is 4.13. The number of aromatic nitrogens is 1. The molecule has 0 aliphatic rings. The van der Waals surface area contributed by atoms with Gasteiger partial charge in [0.05, 0.1) is 11.7 Å². The van der Waals surface area contributed by atoms with E-state index in [1.165, 1.54) is 10.4 Å². The first-order valence-electron chi connectivity index (χ1n) is 6.00. The molecule has 0 bridgehead atoms. The van der Waals surface area contributed by atoms with Crippen LogP contribution in [0.15, 0.2) is 22.7 Å². The van der Waals surface area contributed by atoms with E-state index >= 15 is 0 Å². The Balaban J connectivity index is 2.34. The summed E-state index contributed by atoms with van der Waals surface area (Å²) in [6.07, 6.45) is 0.965. The molecular formula is C14H17BrN2S. The van der Waals surface area contributed by atoms with Crippen molar-refractivity contribution in [3.63, 3.8) is 0 Å². The number of hydrogen-bond acceptors (Lipinski definition) is 3.